The second-order valence-corrected chi connectivity index (χ2v) is 18.4. The van der Waals surface area contributed by atoms with E-state index in [2.05, 4.69) is 187 Å². The third-order valence-corrected chi connectivity index (χ3v) is 18.2. The Morgan fingerprint density at radius 1 is 0.413 bits per heavy atom. The summed E-state index contributed by atoms with van der Waals surface area (Å²) in [5.74, 6) is 0. The van der Waals surface area contributed by atoms with Crippen LogP contribution < -0.4 is 36.7 Å². The molecule has 0 saturated carbocycles. The summed E-state index contributed by atoms with van der Waals surface area (Å²) in [4.78, 5) is 0. The van der Waals surface area contributed by atoms with E-state index in [-0.39, 0.29) is 0 Å². The number of hydrogen-bond donors (Lipinski definition) is 0. The first kappa shape index (κ1) is 27.1. The number of fused-ring (bicyclic) bond motifs is 5. The average molecular weight is 624 g/mol. The lowest BCUT2D eigenvalue weighted by molar-refractivity contribution is 0.592. The number of aromatic nitrogens is 1. The van der Waals surface area contributed by atoms with Crippen molar-refractivity contribution < 1.29 is 4.57 Å². The van der Waals surface area contributed by atoms with Gasteiger partial charge in [-0.25, -0.2) is 0 Å². The van der Waals surface area contributed by atoms with Gasteiger partial charge in [-0.15, -0.1) is 0 Å². The van der Waals surface area contributed by atoms with Gasteiger partial charge >= 0.3 is 0 Å². The second kappa shape index (κ2) is 10.4. The minimum Gasteiger partial charge on any atom is -0.309 e. The van der Waals surface area contributed by atoms with Crippen molar-refractivity contribution in [2.45, 2.75) is 0 Å². The lowest BCUT2D eigenvalue weighted by Crippen LogP contribution is -2.81. The summed E-state index contributed by atoms with van der Waals surface area (Å²) < 4.78 is 18.4. The minimum absolute atomic E-state index is 0.862. The van der Waals surface area contributed by atoms with Crippen LogP contribution in [0.4, 0.5) is 0 Å². The van der Waals surface area contributed by atoms with Gasteiger partial charge in [-0.2, -0.15) is 0 Å². The molecule has 0 fully saturated rings. The molecule has 1 aliphatic heterocycles. The monoisotopic (exact) mass is 623 g/mol. The Labute approximate surface area is 269 Å². The first-order valence-electron chi connectivity index (χ1n) is 15.7. The predicted molar refractivity (Wildman–Crippen MR) is 197 cm³/mol. The Morgan fingerprint density at radius 2 is 0.826 bits per heavy atom. The molecular weight excluding hydrogens is 594 g/mol. The van der Waals surface area contributed by atoms with Crippen molar-refractivity contribution in [2.75, 3.05) is 0 Å². The molecule has 0 saturated heterocycles. The molecule has 0 amide bonds. The van der Waals surface area contributed by atoms with Crippen LogP contribution in [0.15, 0.2) is 182 Å². The van der Waals surface area contributed by atoms with Crippen molar-refractivity contribution in [1.29, 1.82) is 0 Å². The molecule has 4 heteroatoms. The van der Waals surface area contributed by atoms with Crippen LogP contribution in [-0.4, -0.2) is 12.6 Å². The minimum atomic E-state index is -3.23. The van der Waals surface area contributed by atoms with Gasteiger partial charge in [0.25, 0.3) is 0 Å². The van der Waals surface area contributed by atoms with Crippen LogP contribution in [0.5, 0.6) is 0 Å². The van der Waals surface area contributed by atoms with Crippen LogP contribution in [0.2, 0.25) is 0 Å². The molecule has 0 spiro atoms. The summed E-state index contributed by atoms with van der Waals surface area (Å²) in [6.07, 6.45) is 0. The third-order valence-electron chi connectivity index (χ3n) is 9.76. The molecule has 0 atom stereocenters. The molecule has 7 aromatic carbocycles. The number of para-hydroxylation sites is 2. The Bertz CT molecular complexity index is 2300. The smallest absolute Gasteiger partial charge is 0.181 e. The van der Waals surface area contributed by atoms with Crippen LogP contribution in [-0.2, 0) is 4.57 Å². The van der Waals surface area contributed by atoms with Crippen molar-refractivity contribution in [2.24, 2.45) is 0 Å². The maximum atomic E-state index is 16.1. The molecule has 0 bridgehead atoms. The molecule has 2 nitrogen and oxygen atoms in total. The van der Waals surface area contributed by atoms with Crippen LogP contribution in [0.1, 0.15) is 0 Å². The second-order valence-electron chi connectivity index (χ2n) is 12.0. The molecule has 8 aromatic rings. The molecule has 218 valence electrons. The third kappa shape index (κ3) is 3.67. The predicted octanol–water partition coefficient (Wildman–Crippen LogP) is 6.11. The zero-order valence-corrected chi connectivity index (χ0v) is 27.0. The molecular formula is C42H30NOPSi. The summed E-state index contributed by atoms with van der Waals surface area (Å²) in [5, 5.41) is 10.3. The number of benzene rings is 7. The van der Waals surface area contributed by atoms with E-state index in [4.69, 9.17) is 0 Å². The molecule has 46 heavy (non-hydrogen) atoms. The fourth-order valence-corrected chi connectivity index (χ4v) is 17.5. The van der Waals surface area contributed by atoms with E-state index < -0.39 is 15.2 Å². The summed E-state index contributed by atoms with van der Waals surface area (Å²) in [6, 6.07) is 64.5. The van der Waals surface area contributed by atoms with E-state index in [9.17, 15) is 0 Å². The van der Waals surface area contributed by atoms with Gasteiger partial charge < -0.3 is 9.13 Å². The molecule has 9 rings (SSSR count). The van der Waals surface area contributed by atoms with Gasteiger partial charge in [0.2, 0.25) is 0 Å². The number of hydrogen-bond acceptors (Lipinski definition) is 1. The van der Waals surface area contributed by atoms with Crippen molar-refractivity contribution in [3.63, 3.8) is 0 Å². The fourth-order valence-electron chi connectivity index (χ4n) is 7.86. The summed E-state index contributed by atoms with van der Waals surface area (Å²) in [6.45, 7) is 0. The number of rotatable bonds is 4. The van der Waals surface area contributed by atoms with Crippen LogP contribution in [0.3, 0.4) is 0 Å². The van der Waals surface area contributed by atoms with Crippen molar-refractivity contribution in [3.8, 4) is 5.69 Å². The molecule has 0 aliphatic carbocycles. The van der Waals surface area contributed by atoms with Crippen molar-refractivity contribution >= 4 is 73.7 Å². The molecule has 0 N–H and O–H groups in total. The Balaban J connectivity index is 1.30. The number of nitrogens with zero attached hydrogens (tertiary/aromatic N) is 1. The zero-order valence-electron chi connectivity index (χ0n) is 25.1. The molecule has 0 unspecified atom stereocenters. The van der Waals surface area contributed by atoms with Gasteiger partial charge in [-0.1, -0.05) is 146 Å². The first-order chi connectivity index (χ1) is 22.7. The Kier molecular flexibility index (Phi) is 6.15. The maximum absolute atomic E-state index is 16.1. The van der Waals surface area contributed by atoms with Gasteiger partial charge in [0, 0.05) is 32.4 Å². The highest BCUT2D eigenvalue weighted by Crippen LogP contribution is 2.44. The average Bonchev–Trinajstić information content (AvgIpc) is 3.47. The quantitative estimate of drug-likeness (QED) is 0.171. The van der Waals surface area contributed by atoms with Gasteiger partial charge in [0.15, 0.2) is 15.2 Å². The standard InChI is InChI=1S/C42H30NOPSi/c44-45(32-29-27-31(28-30-32)43-37-21-9-7-19-35(37)36-20-8-10-22-38(36)43)39-23-11-13-25-41(39)46(33-15-3-1-4-16-33,34-17-5-2-6-18-34)42-26-14-12-24-40(42)45/h1-30H. The van der Waals surface area contributed by atoms with Gasteiger partial charge in [0.1, 0.15) is 0 Å². The first-order valence-corrected chi connectivity index (χ1v) is 19.4. The van der Waals surface area contributed by atoms with Gasteiger partial charge in [-0.3, -0.25) is 0 Å². The largest absolute Gasteiger partial charge is 0.309 e. The highest BCUT2D eigenvalue weighted by atomic mass is 31.2. The van der Waals surface area contributed by atoms with E-state index in [1.54, 1.807) is 0 Å². The van der Waals surface area contributed by atoms with E-state index in [1.165, 1.54) is 31.5 Å². The summed E-state index contributed by atoms with van der Waals surface area (Å²) in [7, 11) is -6.02. The maximum Gasteiger partial charge on any atom is 0.181 e. The van der Waals surface area contributed by atoms with E-state index in [1.807, 2.05) is 0 Å². The van der Waals surface area contributed by atoms with Crippen LogP contribution >= 0.6 is 7.14 Å². The van der Waals surface area contributed by atoms with Crippen LogP contribution in [0, 0.1) is 0 Å². The topological polar surface area (TPSA) is 22.0 Å². The summed E-state index contributed by atoms with van der Waals surface area (Å²) in [5.41, 5.74) is 3.39. The zero-order chi connectivity index (χ0) is 30.7. The lowest BCUT2D eigenvalue weighted by atomic mass is 10.2. The molecule has 2 heterocycles. The normalized spacial score (nSPS) is 14.5. The molecule has 0 radical (unpaired) electrons. The van der Waals surface area contributed by atoms with Gasteiger partial charge in [-0.05, 0) is 57.1 Å². The van der Waals surface area contributed by atoms with Gasteiger partial charge in [0.05, 0.1) is 11.0 Å². The van der Waals surface area contributed by atoms with Crippen molar-refractivity contribution in [3.05, 3.63) is 182 Å². The lowest BCUT2D eigenvalue weighted by Gasteiger charge is -2.43. The van der Waals surface area contributed by atoms with Crippen LogP contribution in [0.25, 0.3) is 27.5 Å². The highest BCUT2D eigenvalue weighted by molar-refractivity contribution is 7.87. The van der Waals surface area contributed by atoms with Crippen molar-refractivity contribution in [1.82, 2.24) is 4.57 Å². The Morgan fingerprint density at radius 3 is 1.33 bits per heavy atom. The van der Waals surface area contributed by atoms with E-state index in [0.717, 1.165) is 32.6 Å². The molecule has 1 aliphatic rings. The van der Waals surface area contributed by atoms with E-state index >= 15 is 4.57 Å². The highest BCUT2D eigenvalue weighted by Gasteiger charge is 2.52. The SMILES string of the molecule is O=P1(c2ccc(-n3c4ccccc4c4ccccc43)cc2)c2ccccc2[Si](c2ccccc2)(c2ccccc2)c2ccccc21. The fraction of sp³-hybridized carbons (Fsp3) is 0. The Hall–Kier alpha value is -5.21. The summed E-state index contributed by atoms with van der Waals surface area (Å²) >= 11 is 0. The van der Waals surface area contributed by atoms with E-state index in [0.29, 0.717) is 0 Å². The molecule has 1 aromatic heterocycles.